The van der Waals surface area contributed by atoms with Gasteiger partial charge in [0.15, 0.2) is 0 Å². The molecule has 0 saturated carbocycles. The van der Waals surface area contributed by atoms with Gasteiger partial charge in [-0.25, -0.2) is 4.98 Å². The third-order valence-electron chi connectivity index (χ3n) is 0.903. The summed E-state index contributed by atoms with van der Waals surface area (Å²) in [6.45, 7) is -2.29. The summed E-state index contributed by atoms with van der Waals surface area (Å²) >= 11 is 5.60. The van der Waals surface area contributed by atoms with Crippen molar-refractivity contribution in [3.63, 3.8) is 0 Å². The zero-order valence-electron chi connectivity index (χ0n) is 8.26. The molecule has 0 aliphatic carbocycles. The van der Waals surface area contributed by atoms with Gasteiger partial charge in [0.05, 0.1) is 7.11 Å². The monoisotopic (exact) mass is 161 g/mol. The van der Waals surface area contributed by atoms with Gasteiger partial charge in [-0.1, -0.05) is 11.6 Å². The maximum Gasteiger partial charge on any atom is 0.317 e. The van der Waals surface area contributed by atoms with Crippen LogP contribution in [0.25, 0.3) is 0 Å². The molecule has 0 radical (unpaired) electrons. The van der Waals surface area contributed by atoms with E-state index in [1.54, 1.807) is 0 Å². The first-order valence-electron chi connectivity index (χ1n) is 4.02. The van der Waals surface area contributed by atoms with Crippen LogP contribution < -0.4 is 4.74 Å². The fourth-order valence-electron chi connectivity index (χ4n) is 0.444. The average Bonchev–Trinajstić information content (AvgIpc) is 2.01. The molecule has 1 aromatic heterocycles. The maximum atomic E-state index is 7.07. The fraction of sp³-hybridized carbons (Fsp3) is 0.333. The normalized spacial score (nSPS) is 15.2. The third-order valence-corrected chi connectivity index (χ3v) is 1.19. The van der Waals surface area contributed by atoms with E-state index in [4.69, 9.17) is 15.7 Å². The molecule has 0 fully saturated rings. The van der Waals surface area contributed by atoms with Gasteiger partial charge < -0.3 is 4.74 Å². The zero-order chi connectivity index (χ0) is 10.1. The second kappa shape index (κ2) is 2.84. The highest BCUT2D eigenvalue weighted by Gasteiger charge is 1.98. The zero-order valence-corrected chi connectivity index (χ0v) is 6.01. The highest BCUT2D eigenvalue weighted by Crippen LogP contribution is 2.12. The van der Waals surface area contributed by atoms with E-state index in [1.165, 1.54) is 7.11 Å². The maximum absolute atomic E-state index is 7.07. The van der Waals surface area contributed by atoms with Crippen molar-refractivity contribution in [1.82, 2.24) is 9.97 Å². The summed E-state index contributed by atoms with van der Waals surface area (Å²) in [6.07, 6.45) is 1.14. The number of halogens is 1. The number of hydrogen-bond donors (Lipinski definition) is 0. The third kappa shape index (κ3) is 1.36. The Morgan fingerprint density at radius 2 is 2.60 bits per heavy atom. The molecular weight excluding hydrogens is 152 g/mol. The second-order valence-corrected chi connectivity index (χ2v) is 1.92. The van der Waals surface area contributed by atoms with Crippen LogP contribution in [-0.4, -0.2) is 17.1 Å². The molecule has 0 saturated heterocycles. The Hall–Kier alpha value is -0.830. The van der Waals surface area contributed by atoms with Gasteiger partial charge in [-0.2, -0.15) is 4.98 Å². The SMILES string of the molecule is [2H]C([2H])([2H])c1cnc(OC)nc1Cl. The molecule has 0 atom stereocenters. The van der Waals surface area contributed by atoms with Gasteiger partial charge in [-0.15, -0.1) is 0 Å². The minimum absolute atomic E-state index is 0.0537. The first-order valence-corrected chi connectivity index (χ1v) is 2.90. The Kier molecular flexibility index (Phi) is 1.17. The van der Waals surface area contributed by atoms with Crippen LogP contribution >= 0.6 is 11.6 Å². The van der Waals surface area contributed by atoms with Crippen molar-refractivity contribution >= 4 is 11.6 Å². The predicted octanol–water partition coefficient (Wildman–Crippen LogP) is 1.45. The molecule has 1 aromatic rings. The number of ether oxygens (including phenoxy) is 1. The Labute approximate surface area is 68.2 Å². The number of nitrogens with zero attached hydrogens (tertiary/aromatic N) is 2. The topological polar surface area (TPSA) is 35.0 Å². The van der Waals surface area contributed by atoms with Crippen LogP contribution in [0.15, 0.2) is 6.20 Å². The summed E-state index contributed by atoms with van der Waals surface area (Å²) in [5.41, 5.74) is -0.0741. The highest BCUT2D eigenvalue weighted by atomic mass is 35.5. The minimum atomic E-state index is -2.29. The van der Waals surface area contributed by atoms with Gasteiger partial charge in [0.2, 0.25) is 0 Å². The number of aryl methyl sites for hydroxylation is 1. The Morgan fingerprint density at radius 3 is 3.10 bits per heavy atom. The van der Waals surface area contributed by atoms with Gasteiger partial charge in [-0.3, -0.25) is 0 Å². The van der Waals surface area contributed by atoms with Crippen LogP contribution in [0, 0.1) is 6.85 Å². The van der Waals surface area contributed by atoms with E-state index >= 15 is 0 Å². The van der Waals surface area contributed by atoms with Crippen LogP contribution in [0.2, 0.25) is 5.15 Å². The van der Waals surface area contributed by atoms with Crippen molar-refractivity contribution < 1.29 is 8.85 Å². The molecule has 10 heavy (non-hydrogen) atoms. The van der Waals surface area contributed by atoms with Crippen molar-refractivity contribution in [2.75, 3.05) is 7.11 Å². The second-order valence-electron chi connectivity index (χ2n) is 1.56. The quantitative estimate of drug-likeness (QED) is 0.585. The first-order chi connectivity index (χ1) is 5.95. The number of aromatic nitrogens is 2. The van der Waals surface area contributed by atoms with Crippen LogP contribution in [-0.2, 0) is 0 Å². The van der Waals surface area contributed by atoms with Gasteiger partial charge in [0.1, 0.15) is 5.15 Å². The van der Waals surface area contributed by atoms with Crippen molar-refractivity contribution in [2.24, 2.45) is 0 Å². The van der Waals surface area contributed by atoms with Crippen molar-refractivity contribution in [2.45, 2.75) is 6.85 Å². The van der Waals surface area contributed by atoms with E-state index < -0.39 is 6.85 Å². The van der Waals surface area contributed by atoms with E-state index in [0.717, 1.165) is 6.20 Å². The molecule has 0 unspecified atom stereocenters. The van der Waals surface area contributed by atoms with Crippen LogP contribution in [0.1, 0.15) is 9.68 Å². The van der Waals surface area contributed by atoms with E-state index in [2.05, 4.69) is 14.7 Å². The molecule has 4 heteroatoms. The summed E-state index contributed by atoms with van der Waals surface area (Å²) < 4.78 is 25.9. The minimum Gasteiger partial charge on any atom is -0.467 e. The molecule has 0 N–H and O–H groups in total. The van der Waals surface area contributed by atoms with E-state index in [-0.39, 0.29) is 16.7 Å². The highest BCUT2D eigenvalue weighted by molar-refractivity contribution is 6.30. The van der Waals surface area contributed by atoms with Gasteiger partial charge in [0, 0.05) is 15.9 Å². The van der Waals surface area contributed by atoms with Gasteiger partial charge >= 0.3 is 6.01 Å². The van der Waals surface area contributed by atoms with E-state index in [1.807, 2.05) is 0 Å². The number of methoxy groups -OCH3 is 1. The Morgan fingerprint density at radius 1 is 1.80 bits per heavy atom. The van der Waals surface area contributed by atoms with Crippen molar-refractivity contribution in [1.29, 1.82) is 0 Å². The van der Waals surface area contributed by atoms with Gasteiger partial charge in [-0.05, 0) is 6.85 Å². The first kappa shape index (κ1) is 4.13. The summed E-state index contributed by atoms with van der Waals surface area (Å²) in [5.74, 6) is 0. The smallest absolute Gasteiger partial charge is 0.317 e. The summed E-state index contributed by atoms with van der Waals surface area (Å²) in [6, 6.07) is 0.0537. The lowest BCUT2D eigenvalue weighted by Crippen LogP contribution is -1.92. The molecule has 0 bridgehead atoms. The molecule has 0 aromatic carbocycles. The Balaban J connectivity index is 3.13. The van der Waals surface area contributed by atoms with E-state index in [0.29, 0.717) is 0 Å². The molecule has 0 amide bonds. The molecular formula is C6H7ClN2O. The summed E-state index contributed by atoms with van der Waals surface area (Å²) in [5, 5.41) is -0.105. The Bertz CT molecular complexity index is 315. The molecule has 1 heterocycles. The van der Waals surface area contributed by atoms with Gasteiger partial charge in [0.25, 0.3) is 0 Å². The summed E-state index contributed by atoms with van der Waals surface area (Å²) in [7, 11) is 1.38. The molecule has 3 nitrogen and oxygen atoms in total. The largest absolute Gasteiger partial charge is 0.467 e. The molecule has 0 aliphatic rings. The predicted molar refractivity (Wildman–Crippen MR) is 38.3 cm³/mol. The van der Waals surface area contributed by atoms with E-state index in [9.17, 15) is 0 Å². The number of hydrogen-bond acceptors (Lipinski definition) is 3. The lowest BCUT2D eigenvalue weighted by Gasteiger charge is -1.98. The standard InChI is InChI=1S/C6H7ClN2O/c1-4-3-8-6(10-2)9-5(4)7/h3H,1-2H3/i1D3. The average molecular weight is 162 g/mol. The fourth-order valence-corrected chi connectivity index (χ4v) is 0.566. The number of rotatable bonds is 1. The lowest BCUT2D eigenvalue weighted by atomic mass is 10.4. The summed E-state index contributed by atoms with van der Waals surface area (Å²) in [4.78, 5) is 7.28. The lowest BCUT2D eigenvalue weighted by molar-refractivity contribution is 0.379. The van der Waals surface area contributed by atoms with Crippen LogP contribution in [0.5, 0.6) is 6.01 Å². The van der Waals surface area contributed by atoms with Crippen molar-refractivity contribution in [3.05, 3.63) is 16.9 Å². The molecule has 54 valence electrons. The molecule has 0 spiro atoms. The van der Waals surface area contributed by atoms with Crippen LogP contribution in [0.4, 0.5) is 0 Å². The molecule has 0 aliphatic heterocycles. The van der Waals surface area contributed by atoms with Crippen molar-refractivity contribution in [3.8, 4) is 6.01 Å². The molecule has 1 rings (SSSR count). The van der Waals surface area contributed by atoms with Crippen LogP contribution in [0.3, 0.4) is 0 Å².